The number of benzene rings is 1. The maximum Gasteiger partial charge on any atom is 0.351 e. The number of aryl methyl sites for hydroxylation is 1. The largest absolute Gasteiger partial charge is 0.457 e. The first-order valence-corrected chi connectivity index (χ1v) is 16.1. The molecule has 45 heavy (non-hydrogen) atoms. The molecular formula is C33H53FN6O5. The molecule has 1 aliphatic heterocycles. The van der Waals surface area contributed by atoms with Gasteiger partial charge in [0.05, 0.1) is 17.8 Å². The number of halogens is 1. The third-order valence-corrected chi connectivity index (χ3v) is 8.96. The summed E-state index contributed by atoms with van der Waals surface area (Å²) < 4.78 is 28.9. The van der Waals surface area contributed by atoms with Gasteiger partial charge in [0.1, 0.15) is 17.9 Å². The summed E-state index contributed by atoms with van der Waals surface area (Å²) in [6, 6.07) is 6.76. The van der Waals surface area contributed by atoms with Crippen molar-refractivity contribution in [3.63, 3.8) is 0 Å². The summed E-state index contributed by atoms with van der Waals surface area (Å²) in [5.41, 5.74) is 4.66. The quantitative estimate of drug-likeness (QED) is 0.139. The minimum Gasteiger partial charge on any atom is -0.457 e. The highest BCUT2D eigenvalue weighted by Crippen LogP contribution is 2.32. The third-order valence-electron chi connectivity index (χ3n) is 8.96. The molecule has 3 rings (SSSR count). The molecular weight excluding hydrogens is 579 g/mol. The molecule has 1 saturated heterocycles. The number of nitrogens with one attached hydrogen (secondary N) is 2. The highest BCUT2D eigenvalue weighted by atomic mass is 19.1. The number of esters is 1. The topological polar surface area (TPSA) is 154 Å². The zero-order chi connectivity index (χ0) is 33.4. The van der Waals surface area contributed by atoms with Crippen molar-refractivity contribution in [3.8, 4) is 11.3 Å². The summed E-state index contributed by atoms with van der Waals surface area (Å²) in [5, 5.41) is 27.0. The Bertz CT molecular complexity index is 1260. The van der Waals surface area contributed by atoms with Gasteiger partial charge in [-0.1, -0.05) is 38.1 Å². The van der Waals surface area contributed by atoms with Crippen LogP contribution in [0.1, 0.15) is 73.6 Å². The number of nitrogen functional groups attached to an aromatic ring is 1. The molecule has 0 amide bonds. The van der Waals surface area contributed by atoms with Crippen molar-refractivity contribution in [2.45, 2.75) is 116 Å². The summed E-state index contributed by atoms with van der Waals surface area (Å²) in [6.45, 7) is 12.1. The normalized spacial score (nSPS) is 32.5. The van der Waals surface area contributed by atoms with Gasteiger partial charge >= 0.3 is 5.97 Å². The lowest BCUT2D eigenvalue weighted by atomic mass is 9.80. The standard InChI is InChI=1S/C33H53FN6O5/c1-8-27-29(41)28(36-14-9-10-15-40-20-26(38-39-40)24-12-11-13-25(35)16-24)23(4)37-19-21(2)17-32(5,44-7)18-22(3)30(42)33(6,34)31(43)45-27/h11-13,16,20-23,27-29,36-37,41H,8-10,14-15,17-19,35H2,1-7H3/t21-,22-,23-,27-,28-,29-,32-,33+/m1/s1. The summed E-state index contributed by atoms with van der Waals surface area (Å²) in [4.78, 5) is 26.2. The average molecular weight is 633 g/mol. The van der Waals surface area contributed by atoms with E-state index >= 15 is 4.39 Å². The van der Waals surface area contributed by atoms with Crippen LogP contribution < -0.4 is 16.4 Å². The van der Waals surface area contributed by atoms with Gasteiger partial charge in [0.25, 0.3) is 5.67 Å². The minimum atomic E-state index is -2.85. The van der Waals surface area contributed by atoms with E-state index in [9.17, 15) is 14.7 Å². The first kappa shape index (κ1) is 36.5. The van der Waals surface area contributed by atoms with Gasteiger partial charge in [-0.3, -0.25) is 9.48 Å². The summed E-state index contributed by atoms with van der Waals surface area (Å²) in [5.74, 6) is -2.75. The lowest BCUT2D eigenvalue weighted by Gasteiger charge is -2.35. The van der Waals surface area contributed by atoms with E-state index in [2.05, 4.69) is 27.9 Å². The van der Waals surface area contributed by atoms with Crippen molar-refractivity contribution in [2.24, 2.45) is 11.8 Å². The number of aliphatic hydroxyl groups excluding tert-OH is 1. The lowest BCUT2D eigenvalue weighted by Crippen LogP contribution is -2.58. The van der Waals surface area contributed by atoms with E-state index in [4.69, 9.17) is 15.2 Å². The van der Waals surface area contributed by atoms with Crippen LogP contribution in [0.5, 0.6) is 0 Å². The van der Waals surface area contributed by atoms with Crippen molar-refractivity contribution < 1.29 is 28.6 Å². The van der Waals surface area contributed by atoms with Crippen LogP contribution in [0.4, 0.5) is 10.1 Å². The number of anilines is 1. The number of carbonyl (C=O) groups excluding carboxylic acids is 2. The highest BCUT2D eigenvalue weighted by Gasteiger charge is 2.48. The summed E-state index contributed by atoms with van der Waals surface area (Å²) >= 11 is 0. The number of nitrogens with zero attached hydrogens (tertiary/aromatic N) is 3. The average Bonchev–Trinajstić information content (AvgIpc) is 3.48. The maximum absolute atomic E-state index is 15.8. The predicted octanol–water partition coefficient (Wildman–Crippen LogP) is 3.69. The van der Waals surface area contributed by atoms with Gasteiger partial charge in [-0.05, 0) is 84.0 Å². The van der Waals surface area contributed by atoms with Crippen molar-refractivity contribution >= 4 is 17.4 Å². The fourth-order valence-electron chi connectivity index (χ4n) is 6.25. The molecule has 252 valence electrons. The highest BCUT2D eigenvalue weighted by molar-refractivity contribution is 6.07. The number of Topliss-reactive ketones (excluding diaryl/α,β-unsaturated/α-hetero) is 1. The molecule has 1 aliphatic rings. The summed E-state index contributed by atoms with van der Waals surface area (Å²) in [6.07, 6.45) is 2.43. The Labute approximate surface area is 266 Å². The fourth-order valence-corrected chi connectivity index (χ4v) is 6.25. The molecule has 0 radical (unpaired) electrons. The number of unbranched alkanes of at least 4 members (excludes halogenated alkanes) is 1. The number of aliphatic hydroxyl groups is 1. The van der Waals surface area contributed by atoms with Crippen molar-refractivity contribution in [2.75, 3.05) is 25.9 Å². The molecule has 2 aromatic rings. The van der Waals surface area contributed by atoms with Gasteiger partial charge in [-0.2, -0.15) is 0 Å². The predicted molar refractivity (Wildman–Crippen MR) is 172 cm³/mol. The van der Waals surface area contributed by atoms with Crippen LogP contribution in [-0.2, 0) is 25.6 Å². The van der Waals surface area contributed by atoms with E-state index in [0.717, 1.165) is 31.0 Å². The number of ketones is 1. The van der Waals surface area contributed by atoms with Gasteiger partial charge < -0.3 is 30.9 Å². The Hall–Kier alpha value is -2.93. The molecule has 0 saturated carbocycles. The summed E-state index contributed by atoms with van der Waals surface area (Å²) in [7, 11) is 1.58. The van der Waals surface area contributed by atoms with E-state index in [1.54, 1.807) is 25.6 Å². The van der Waals surface area contributed by atoms with Crippen molar-refractivity contribution in [1.29, 1.82) is 0 Å². The number of nitrogens with two attached hydrogens (primary N) is 1. The Morgan fingerprint density at radius 1 is 1.22 bits per heavy atom. The minimum absolute atomic E-state index is 0.152. The fraction of sp³-hybridized carbons (Fsp3) is 0.697. The third kappa shape index (κ3) is 9.78. The van der Waals surface area contributed by atoms with Gasteiger partial charge in [0.2, 0.25) is 0 Å². The van der Waals surface area contributed by atoms with Crippen LogP contribution in [0, 0.1) is 11.8 Å². The van der Waals surface area contributed by atoms with E-state index < -0.39 is 47.2 Å². The number of cyclic esters (lactones) is 1. The molecule has 11 nitrogen and oxygen atoms in total. The molecule has 1 fully saturated rings. The smallest absolute Gasteiger partial charge is 0.351 e. The second-order valence-electron chi connectivity index (χ2n) is 13.2. The number of aromatic nitrogens is 3. The molecule has 5 N–H and O–H groups in total. The number of carbonyl (C=O) groups is 2. The Kier molecular flexibility index (Phi) is 13.0. The van der Waals surface area contributed by atoms with E-state index in [1.165, 1.54) is 0 Å². The number of hydrogen-bond donors (Lipinski definition) is 4. The molecule has 0 aliphatic carbocycles. The Morgan fingerprint density at radius 2 is 1.96 bits per heavy atom. The molecule has 0 spiro atoms. The molecule has 8 atom stereocenters. The Balaban J connectivity index is 1.70. The maximum atomic E-state index is 15.8. The first-order chi connectivity index (χ1) is 21.2. The Morgan fingerprint density at radius 3 is 2.62 bits per heavy atom. The number of methoxy groups -OCH3 is 1. The van der Waals surface area contributed by atoms with Crippen LogP contribution in [0.25, 0.3) is 11.3 Å². The van der Waals surface area contributed by atoms with Gasteiger partial charge in [0.15, 0.2) is 5.78 Å². The molecule has 2 heterocycles. The zero-order valence-corrected chi connectivity index (χ0v) is 27.9. The number of alkyl halides is 1. The van der Waals surface area contributed by atoms with Gasteiger partial charge in [-0.15, -0.1) is 5.10 Å². The monoisotopic (exact) mass is 632 g/mol. The van der Waals surface area contributed by atoms with Crippen LogP contribution in [-0.4, -0.2) is 87.6 Å². The second-order valence-corrected chi connectivity index (χ2v) is 13.2. The van der Waals surface area contributed by atoms with Crippen LogP contribution in [0.2, 0.25) is 0 Å². The van der Waals surface area contributed by atoms with Crippen LogP contribution in [0.15, 0.2) is 30.5 Å². The lowest BCUT2D eigenvalue weighted by molar-refractivity contribution is -0.174. The number of hydrogen-bond acceptors (Lipinski definition) is 10. The van der Waals surface area contributed by atoms with E-state index in [0.29, 0.717) is 31.7 Å². The SMILES string of the molecule is CC[C@H]1OC(=O)[C@@](C)(F)C(=O)[C@H](C)C[C@](C)(OC)C[C@@H](C)CN[C@H](C)[C@@H](NCCCCn2cc(-c3cccc(N)c3)nn2)[C@@H]1O. The molecule has 1 aromatic carbocycles. The van der Waals surface area contributed by atoms with E-state index in [-0.39, 0.29) is 24.8 Å². The van der Waals surface area contributed by atoms with Crippen LogP contribution >= 0.6 is 0 Å². The van der Waals surface area contributed by atoms with Crippen molar-refractivity contribution in [1.82, 2.24) is 25.6 Å². The van der Waals surface area contributed by atoms with Gasteiger partial charge in [0, 0.05) is 36.9 Å². The van der Waals surface area contributed by atoms with E-state index in [1.807, 2.05) is 44.3 Å². The van der Waals surface area contributed by atoms with Crippen LogP contribution in [0.3, 0.4) is 0 Å². The number of ether oxygens (including phenoxy) is 2. The molecule has 1 aromatic heterocycles. The second kappa shape index (κ2) is 16.1. The first-order valence-electron chi connectivity index (χ1n) is 16.1. The van der Waals surface area contributed by atoms with Gasteiger partial charge in [-0.25, -0.2) is 9.18 Å². The van der Waals surface area contributed by atoms with Crippen molar-refractivity contribution in [3.05, 3.63) is 30.5 Å². The zero-order valence-electron chi connectivity index (χ0n) is 27.9. The molecule has 0 unspecified atom stereocenters. The number of rotatable bonds is 9. The molecule has 0 bridgehead atoms. The molecule has 12 heteroatoms.